The second-order valence-electron chi connectivity index (χ2n) is 4.57. The van der Waals surface area contributed by atoms with E-state index >= 15 is 0 Å². The summed E-state index contributed by atoms with van der Waals surface area (Å²) in [7, 11) is -3.60. The summed E-state index contributed by atoms with van der Waals surface area (Å²) in [6.07, 6.45) is 0.791. The average molecular weight is 306 g/mol. The molecule has 108 valence electrons. The standard InChI is InChI=1S/C13H20ClNO3S/c1-3-10(2)13(9-16)15-19(17,18)12-6-4-11(8-14)5-7-12/h4-7,10,13,15-16H,3,8-9H2,1-2H3. The molecule has 0 saturated carbocycles. The lowest BCUT2D eigenvalue weighted by molar-refractivity contribution is 0.219. The Bertz CT molecular complexity index is 487. The Labute approximate surface area is 119 Å². The van der Waals surface area contributed by atoms with Gasteiger partial charge in [0.1, 0.15) is 0 Å². The summed E-state index contributed by atoms with van der Waals surface area (Å²) in [6, 6.07) is 5.93. The van der Waals surface area contributed by atoms with Crippen LogP contribution in [-0.4, -0.2) is 26.2 Å². The molecule has 0 aromatic heterocycles. The van der Waals surface area contributed by atoms with Crippen LogP contribution in [0.15, 0.2) is 29.2 Å². The van der Waals surface area contributed by atoms with E-state index in [1.807, 2.05) is 13.8 Å². The fourth-order valence-electron chi connectivity index (χ4n) is 1.64. The van der Waals surface area contributed by atoms with Crippen molar-refractivity contribution < 1.29 is 13.5 Å². The molecule has 1 aromatic carbocycles. The molecule has 1 rings (SSSR count). The molecule has 6 heteroatoms. The van der Waals surface area contributed by atoms with Gasteiger partial charge in [0.25, 0.3) is 0 Å². The zero-order valence-electron chi connectivity index (χ0n) is 11.1. The molecule has 2 unspecified atom stereocenters. The van der Waals surface area contributed by atoms with E-state index < -0.39 is 16.1 Å². The van der Waals surface area contributed by atoms with E-state index in [0.29, 0.717) is 5.88 Å². The molecule has 19 heavy (non-hydrogen) atoms. The number of alkyl halides is 1. The summed E-state index contributed by atoms with van der Waals surface area (Å²) in [5.41, 5.74) is 0.862. The maximum atomic E-state index is 12.2. The summed E-state index contributed by atoms with van der Waals surface area (Å²) in [4.78, 5) is 0.183. The highest BCUT2D eigenvalue weighted by Crippen LogP contribution is 2.15. The van der Waals surface area contributed by atoms with Crippen molar-refractivity contribution in [2.24, 2.45) is 5.92 Å². The van der Waals surface area contributed by atoms with E-state index in [4.69, 9.17) is 11.6 Å². The van der Waals surface area contributed by atoms with Crippen LogP contribution >= 0.6 is 11.6 Å². The zero-order valence-corrected chi connectivity index (χ0v) is 12.7. The Morgan fingerprint density at radius 3 is 2.32 bits per heavy atom. The highest BCUT2D eigenvalue weighted by Gasteiger charge is 2.23. The number of halogens is 1. The number of sulfonamides is 1. The second-order valence-corrected chi connectivity index (χ2v) is 6.55. The fraction of sp³-hybridized carbons (Fsp3) is 0.538. The number of hydrogen-bond donors (Lipinski definition) is 2. The minimum absolute atomic E-state index is 0.0712. The van der Waals surface area contributed by atoms with Gasteiger partial charge >= 0.3 is 0 Å². The van der Waals surface area contributed by atoms with Crippen molar-refractivity contribution in [1.82, 2.24) is 4.72 Å². The molecule has 2 N–H and O–H groups in total. The molecule has 1 aromatic rings. The minimum Gasteiger partial charge on any atom is -0.395 e. The van der Waals surface area contributed by atoms with Gasteiger partial charge in [-0.25, -0.2) is 13.1 Å². The van der Waals surface area contributed by atoms with Crippen molar-refractivity contribution in [3.8, 4) is 0 Å². The number of hydrogen-bond acceptors (Lipinski definition) is 3. The minimum atomic E-state index is -3.60. The maximum Gasteiger partial charge on any atom is 0.240 e. The van der Waals surface area contributed by atoms with Gasteiger partial charge in [-0.3, -0.25) is 0 Å². The first-order chi connectivity index (χ1) is 8.94. The SMILES string of the molecule is CCC(C)C(CO)NS(=O)(=O)c1ccc(CCl)cc1. The third-order valence-electron chi connectivity index (χ3n) is 3.22. The first kappa shape index (κ1) is 16.4. The topological polar surface area (TPSA) is 66.4 Å². The molecule has 0 bridgehead atoms. The molecule has 2 atom stereocenters. The highest BCUT2D eigenvalue weighted by molar-refractivity contribution is 7.89. The van der Waals surface area contributed by atoms with Crippen LogP contribution in [0, 0.1) is 5.92 Å². The van der Waals surface area contributed by atoms with Crippen molar-refractivity contribution in [2.75, 3.05) is 6.61 Å². The maximum absolute atomic E-state index is 12.2. The van der Waals surface area contributed by atoms with Gasteiger partial charge in [-0.15, -0.1) is 11.6 Å². The van der Waals surface area contributed by atoms with E-state index in [2.05, 4.69) is 4.72 Å². The van der Waals surface area contributed by atoms with Gasteiger partial charge in [-0.2, -0.15) is 0 Å². The lowest BCUT2D eigenvalue weighted by Crippen LogP contribution is -2.41. The van der Waals surface area contributed by atoms with Crippen LogP contribution < -0.4 is 4.72 Å². The van der Waals surface area contributed by atoms with Crippen LogP contribution in [0.1, 0.15) is 25.8 Å². The first-order valence-electron chi connectivity index (χ1n) is 6.22. The second kappa shape index (κ2) is 7.24. The predicted molar refractivity (Wildman–Crippen MR) is 76.6 cm³/mol. The number of nitrogens with one attached hydrogen (secondary N) is 1. The average Bonchev–Trinajstić information content (AvgIpc) is 2.44. The number of aliphatic hydroxyl groups is 1. The van der Waals surface area contributed by atoms with E-state index in [1.165, 1.54) is 12.1 Å². The third-order valence-corrected chi connectivity index (χ3v) is 5.04. The van der Waals surface area contributed by atoms with Gasteiger partial charge < -0.3 is 5.11 Å². The van der Waals surface area contributed by atoms with Crippen molar-refractivity contribution >= 4 is 21.6 Å². The van der Waals surface area contributed by atoms with Crippen LogP contribution in [0.5, 0.6) is 0 Å². The lowest BCUT2D eigenvalue weighted by Gasteiger charge is -2.22. The van der Waals surface area contributed by atoms with E-state index in [-0.39, 0.29) is 17.4 Å². The molecular weight excluding hydrogens is 286 g/mol. The van der Waals surface area contributed by atoms with Crippen molar-refractivity contribution in [3.63, 3.8) is 0 Å². The fourth-order valence-corrected chi connectivity index (χ4v) is 3.16. The first-order valence-corrected chi connectivity index (χ1v) is 8.24. The quantitative estimate of drug-likeness (QED) is 0.758. The van der Waals surface area contributed by atoms with Crippen LogP contribution in [0.25, 0.3) is 0 Å². The molecular formula is C13H20ClNO3S. The summed E-state index contributed by atoms with van der Waals surface area (Å²) in [6.45, 7) is 3.64. The molecule has 0 saturated heterocycles. The molecule has 0 fully saturated rings. The molecule has 0 aliphatic carbocycles. The van der Waals surface area contributed by atoms with E-state index in [9.17, 15) is 13.5 Å². The summed E-state index contributed by atoms with van der Waals surface area (Å²) < 4.78 is 26.9. The normalized spacial score (nSPS) is 15.2. The Morgan fingerprint density at radius 2 is 1.89 bits per heavy atom. The monoisotopic (exact) mass is 305 g/mol. The molecule has 0 amide bonds. The van der Waals surface area contributed by atoms with E-state index in [0.717, 1.165) is 12.0 Å². The van der Waals surface area contributed by atoms with Gasteiger partial charge in [-0.05, 0) is 23.6 Å². The van der Waals surface area contributed by atoms with Gasteiger partial charge in [0.2, 0.25) is 10.0 Å². The molecule has 0 aliphatic rings. The Balaban J connectivity index is 2.90. The van der Waals surface area contributed by atoms with Gasteiger partial charge in [0.05, 0.1) is 11.5 Å². The van der Waals surface area contributed by atoms with Crippen LogP contribution in [0.3, 0.4) is 0 Å². The zero-order chi connectivity index (χ0) is 14.5. The number of benzene rings is 1. The Kier molecular flexibility index (Phi) is 6.26. The van der Waals surface area contributed by atoms with Crippen molar-refractivity contribution in [2.45, 2.75) is 37.1 Å². The van der Waals surface area contributed by atoms with Crippen LogP contribution in [-0.2, 0) is 15.9 Å². The van der Waals surface area contributed by atoms with Crippen LogP contribution in [0.2, 0.25) is 0 Å². The summed E-state index contributed by atoms with van der Waals surface area (Å²) in [5.74, 6) is 0.418. The van der Waals surface area contributed by atoms with E-state index in [1.54, 1.807) is 12.1 Å². The highest BCUT2D eigenvalue weighted by atomic mass is 35.5. The molecule has 0 aliphatic heterocycles. The van der Waals surface area contributed by atoms with Crippen molar-refractivity contribution in [1.29, 1.82) is 0 Å². The smallest absolute Gasteiger partial charge is 0.240 e. The van der Waals surface area contributed by atoms with Crippen molar-refractivity contribution in [3.05, 3.63) is 29.8 Å². The number of rotatable bonds is 7. The lowest BCUT2D eigenvalue weighted by atomic mass is 10.0. The largest absolute Gasteiger partial charge is 0.395 e. The number of aliphatic hydroxyl groups excluding tert-OH is 1. The molecule has 4 nitrogen and oxygen atoms in total. The predicted octanol–water partition coefficient (Wildman–Crippen LogP) is 2.11. The van der Waals surface area contributed by atoms with Gasteiger partial charge in [0, 0.05) is 11.9 Å². The summed E-state index contributed by atoms with van der Waals surface area (Å²) >= 11 is 5.66. The Hall–Kier alpha value is -0.620. The third kappa shape index (κ3) is 4.45. The molecule has 0 spiro atoms. The Morgan fingerprint density at radius 1 is 1.32 bits per heavy atom. The van der Waals surface area contributed by atoms with Crippen LogP contribution in [0.4, 0.5) is 0 Å². The molecule has 0 heterocycles. The molecule has 0 radical (unpaired) electrons. The van der Waals surface area contributed by atoms with Gasteiger partial charge in [-0.1, -0.05) is 32.4 Å². The summed E-state index contributed by atoms with van der Waals surface area (Å²) in [5, 5.41) is 9.28. The van der Waals surface area contributed by atoms with Gasteiger partial charge in [0.15, 0.2) is 0 Å².